The van der Waals surface area contributed by atoms with Crippen molar-refractivity contribution < 1.29 is 0 Å². The van der Waals surface area contributed by atoms with Gasteiger partial charge in [-0.1, -0.05) is 54.1 Å². The van der Waals surface area contributed by atoms with Crippen LogP contribution in [0.15, 0.2) is 53.5 Å². The summed E-state index contributed by atoms with van der Waals surface area (Å²) in [5, 5.41) is 0. The monoisotopic (exact) mass is 249 g/mol. The molecule has 2 aromatic carbocycles. The zero-order valence-electron chi connectivity index (χ0n) is 11.4. The highest BCUT2D eigenvalue weighted by Crippen LogP contribution is 2.19. The van der Waals surface area contributed by atoms with E-state index in [-0.39, 0.29) is 0 Å². The molecule has 0 spiro atoms. The first kappa shape index (κ1) is 12.2. The maximum atomic E-state index is 4.72. The first-order chi connectivity index (χ1) is 9.33. The molecule has 0 amide bonds. The van der Waals surface area contributed by atoms with Crippen molar-refractivity contribution in [1.82, 2.24) is 0 Å². The van der Waals surface area contributed by atoms with Crippen LogP contribution >= 0.6 is 0 Å². The van der Waals surface area contributed by atoms with Crippen LogP contribution in [-0.2, 0) is 12.8 Å². The molecular weight excluding hydrogens is 230 g/mol. The van der Waals surface area contributed by atoms with E-state index in [0.717, 1.165) is 25.8 Å². The quantitative estimate of drug-likeness (QED) is 0.780. The van der Waals surface area contributed by atoms with Crippen molar-refractivity contribution in [3.05, 3.63) is 70.8 Å². The fourth-order valence-electron chi connectivity index (χ4n) is 2.65. The standard InChI is InChI=1S/C18H19N/c1-14-6-8-15(9-7-14)10-11-18-17-5-3-2-4-16(17)12-13-19-18/h2-9H,10-13H2,1H3. The smallest absolute Gasteiger partial charge is 0.0433 e. The topological polar surface area (TPSA) is 12.4 Å². The summed E-state index contributed by atoms with van der Waals surface area (Å²) in [5.74, 6) is 0. The van der Waals surface area contributed by atoms with E-state index in [9.17, 15) is 0 Å². The summed E-state index contributed by atoms with van der Waals surface area (Å²) in [6.45, 7) is 3.07. The normalized spacial score (nSPS) is 13.8. The van der Waals surface area contributed by atoms with Crippen molar-refractivity contribution in [2.45, 2.75) is 26.2 Å². The Morgan fingerprint density at radius 3 is 2.58 bits per heavy atom. The first-order valence-corrected chi connectivity index (χ1v) is 7.00. The third kappa shape index (κ3) is 2.76. The van der Waals surface area contributed by atoms with Crippen LogP contribution < -0.4 is 0 Å². The van der Waals surface area contributed by atoms with Crippen LogP contribution in [0.5, 0.6) is 0 Å². The molecule has 0 fully saturated rings. The second-order valence-corrected chi connectivity index (χ2v) is 5.22. The van der Waals surface area contributed by atoms with Gasteiger partial charge in [0.2, 0.25) is 0 Å². The Balaban J connectivity index is 1.74. The third-order valence-corrected chi connectivity index (χ3v) is 3.78. The Morgan fingerprint density at radius 2 is 1.74 bits per heavy atom. The average Bonchev–Trinajstić information content (AvgIpc) is 2.47. The van der Waals surface area contributed by atoms with Crippen molar-refractivity contribution >= 4 is 5.71 Å². The Morgan fingerprint density at radius 1 is 0.947 bits per heavy atom. The minimum absolute atomic E-state index is 0.945. The number of aliphatic imine (C=N–C) groups is 1. The molecule has 0 bridgehead atoms. The lowest BCUT2D eigenvalue weighted by Crippen LogP contribution is -2.13. The molecule has 2 aromatic rings. The number of hydrogen-bond acceptors (Lipinski definition) is 1. The van der Waals surface area contributed by atoms with Crippen LogP contribution in [0.4, 0.5) is 0 Å². The number of aryl methyl sites for hydroxylation is 2. The largest absolute Gasteiger partial charge is 0.289 e. The molecule has 0 radical (unpaired) electrons. The predicted molar refractivity (Wildman–Crippen MR) is 81.1 cm³/mol. The Hall–Kier alpha value is -1.89. The lowest BCUT2D eigenvalue weighted by atomic mass is 9.94. The van der Waals surface area contributed by atoms with Crippen molar-refractivity contribution in [3.63, 3.8) is 0 Å². The van der Waals surface area contributed by atoms with Crippen molar-refractivity contribution in [1.29, 1.82) is 0 Å². The van der Waals surface area contributed by atoms with E-state index in [1.165, 1.54) is 28.0 Å². The summed E-state index contributed by atoms with van der Waals surface area (Å²) in [7, 11) is 0. The molecule has 0 aliphatic carbocycles. The minimum atomic E-state index is 0.945. The molecule has 3 rings (SSSR count). The van der Waals surface area contributed by atoms with Crippen LogP contribution in [0.1, 0.15) is 28.7 Å². The van der Waals surface area contributed by atoms with E-state index in [1.54, 1.807) is 0 Å². The van der Waals surface area contributed by atoms with Gasteiger partial charge in [0.25, 0.3) is 0 Å². The van der Waals surface area contributed by atoms with Gasteiger partial charge in [-0.2, -0.15) is 0 Å². The fourth-order valence-corrected chi connectivity index (χ4v) is 2.65. The van der Waals surface area contributed by atoms with E-state index < -0.39 is 0 Å². The lowest BCUT2D eigenvalue weighted by molar-refractivity contribution is 0.915. The average molecular weight is 249 g/mol. The summed E-state index contributed by atoms with van der Waals surface area (Å²) in [6, 6.07) is 17.5. The highest BCUT2D eigenvalue weighted by atomic mass is 14.7. The van der Waals surface area contributed by atoms with E-state index in [1.807, 2.05) is 0 Å². The highest BCUT2D eigenvalue weighted by Gasteiger charge is 2.12. The molecule has 19 heavy (non-hydrogen) atoms. The van der Waals surface area contributed by atoms with Crippen molar-refractivity contribution in [2.24, 2.45) is 4.99 Å². The molecule has 96 valence electrons. The van der Waals surface area contributed by atoms with Crippen molar-refractivity contribution in [3.8, 4) is 0 Å². The zero-order chi connectivity index (χ0) is 13.1. The lowest BCUT2D eigenvalue weighted by Gasteiger charge is -2.16. The molecule has 0 atom stereocenters. The van der Waals surface area contributed by atoms with E-state index >= 15 is 0 Å². The molecule has 0 N–H and O–H groups in total. The van der Waals surface area contributed by atoms with Gasteiger partial charge in [-0.3, -0.25) is 4.99 Å². The van der Waals surface area contributed by atoms with Crippen LogP contribution in [-0.4, -0.2) is 12.3 Å². The fraction of sp³-hybridized carbons (Fsp3) is 0.278. The summed E-state index contributed by atoms with van der Waals surface area (Å²) >= 11 is 0. The number of nitrogens with zero attached hydrogens (tertiary/aromatic N) is 1. The highest BCUT2D eigenvalue weighted by molar-refractivity contribution is 6.02. The van der Waals surface area contributed by atoms with Gasteiger partial charge in [0.15, 0.2) is 0 Å². The molecule has 1 heteroatoms. The number of hydrogen-bond donors (Lipinski definition) is 0. The van der Waals surface area contributed by atoms with Crippen molar-refractivity contribution in [2.75, 3.05) is 6.54 Å². The van der Waals surface area contributed by atoms with Crippen LogP contribution in [0.3, 0.4) is 0 Å². The predicted octanol–water partition coefficient (Wildman–Crippen LogP) is 3.97. The molecule has 0 saturated heterocycles. The van der Waals surface area contributed by atoms with E-state index in [0.29, 0.717) is 0 Å². The van der Waals surface area contributed by atoms with E-state index in [2.05, 4.69) is 55.5 Å². The third-order valence-electron chi connectivity index (χ3n) is 3.78. The van der Waals surface area contributed by atoms with Gasteiger partial charge in [-0.25, -0.2) is 0 Å². The van der Waals surface area contributed by atoms with Gasteiger partial charge in [0.1, 0.15) is 0 Å². The maximum absolute atomic E-state index is 4.72. The van der Waals surface area contributed by atoms with Gasteiger partial charge in [0.05, 0.1) is 0 Å². The minimum Gasteiger partial charge on any atom is -0.289 e. The molecule has 0 aromatic heterocycles. The van der Waals surface area contributed by atoms with Crippen LogP contribution in [0.25, 0.3) is 0 Å². The number of fused-ring (bicyclic) bond motifs is 1. The first-order valence-electron chi connectivity index (χ1n) is 7.00. The maximum Gasteiger partial charge on any atom is 0.0433 e. The summed E-state index contributed by atoms with van der Waals surface area (Å²) in [4.78, 5) is 4.72. The van der Waals surface area contributed by atoms with Gasteiger partial charge in [0, 0.05) is 12.3 Å². The van der Waals surface area contributed by atoms with Gasteiger partial charge in [-0.05, 0) is 42.9 Å². The molecule has 1 aliphatic heterocycles. The second kappa shape index (κ2) is 5.40. The summed E-state index contributed by atoms with van der Waals surface area (Å²) < 4.78 is 0. The molecule has 1 aliphatic rings. The van der Waals surface area contributed by atoms with Gasteiger partial charge in [-0.15, -0.1) is 0 Å². The molecule has 0 saturated carbocycles. The Kier molecular flexibility index (Phi) is 3.45. The Bertz CT molecular complexity index is 593. The number of rotatable bonds is 3. The van der Waals surface area contributed by atoms with Gasteiger partial charge >= 0.3 is 0 Å². The van der Waals surface area contributed by atoms with Crippen LogP contribution in [0.2, 0.25) is 0 Å². The molecule has 1 heterocycles. The molecule has 1 nitrogen and oxygen atoms in total. The van der Waals surface area contributed by atoms with E-state index in [4.69, 9.17) is 4.99 Å². The summed E-state index contributed by atoms with van der Waals surface area (Å²) in [5.41, 5.74) is 6.82. The van der Waals surface area contributed by atoms with Gasteiger partial charge < -0.3 is 0 Å². The SMILES string of the molecule is Cc1ccc(CCC2=NCCc3ccccc32)cc1. The second-order valence-electron chi connectivity index (χ2n) is 5.22. The summed E-state index contributed by atoms with van der Waals surface area (Å²) in [6.07, 6.45) is 3.21. The number of benzene rings is 2. The van der Waals surface area contributed by atoms with Crippen LogP contribution in [0, 0.1) is 6.92 Å². The molecule has 0 unspecified atom stereocenters. The molecular formula is C18H19N. The Labute approximate surface area is 115 Å². The zero-order valence-corrected chi connectivity index (χ0v) is 11.4.